The van der Waals surface area contributed by atoms with Crippen molar-refractivity contribution in [1.82, 2.24) is 4.90 Å². The molecule has 1 aromatic carbocycles. The van der Waals surface area contributed by atoms with Crippen LogP contribution in [0.3, 0.4) is 0 Å². The molecule has 2 unspecified atom stereocenters. The van der Waals surface area contributed by atoms with Crippen molar-refractivity contribution in [2.75, 3.05) is 18.6 Å². The van der Waals surface area contributed by atoms with Crippen molar-refractivity contribution < 1.29 is 0 Å². The van der Waals surface area contributed by atoms with Crippen LogP contribution in [0.15, 0.2) is 35.7 Å². The normalized spacial score (nSPS) is 33.4. The molecule has 0 spiro atoms. The van der Waals surface area contributed by atoms with Crippen molar-refractivity contribution >= 4 is 5.69 Å². The zero-order valence-electron chi connectivity index (χ0n) is 17.3. The number of hydrogen-bond acceptors (Lipinski definition) is 2. The number of rotatable bonds is 1. The fourth-order valence-corrected chi connectivity index (χ4v) is 5.82. The maximum Gasteiger partial charge on any atom is 0.0944 e. The molecule has 25 heavy (non-hydrogen) atoms. The Labute approximate surface area is 153 Å². The van der Waals surface area contributed by atoms with Crippen LogP contribution in [0.5, 0.6) is 0 Å². The number of anilines is 1. The van der Waals surface area contributed by atoms with E-state index < -0.39 is 0 Å². The number of benzene rings is 1. The second-order valence-corrected chi connectivity index (χ2v) is 10.6. The Balaban J connectivity index is 1.80. The van der Waals surface area contributed by atoms with Crippen LogP contribution in [0.25, 0.3) is 0 Å². The monoisotopic (exact) mass is 338 g/mol. The minimum Gasteiger partial charge on any atom is -0.358 e. The summed E-state index contributed by atoms with van der Waals surface area (Å²) in [5, 5.41) is 0. The van der Waals surface area contributed by atoms with E-state index in [0.717, 1.165) is 6.67 Å². The molecule has 2 atom stereocenters. The van der Waals surface area contributed by atoms with Gasteiger partial charge >= 0.3 is 0 Å². The standard InChI is InChI=1S/C23H34N2/c1-20(2,3)16-9-11-17(12-10-16)25-15-24(8)18-19(25)23(7)14-13-22(18,6)21(23,4)5/h9-12H,13-15H2,1-8H3. The molecule has 2 bridgehead atoms. The van der Waals surface area contributed by atoms with E-state index in [1.807, 2.05) is 0 Å². The van der Waals surface area contributed by atoms with E-state index in [1.165, 1.54) is 24.1 Å². The zero-order chi connectivity index (χ0) is 18.4. The molecule has 4 rings (SSSR count). The SMILES string of the molecule is CN1CN(c2ccc(C(C)(C)C)cc2)C2=C1C1(C)CCC2(C)C1(C)C. The second kappa shape index (κ2) is 4.64. The number of allylic oxidation sites excluding steroid dienone is 2. The lowest BCUT2D eigenvalue weighted by molar-refractivity contribution is 0.0877. The highest BCUT2D eigenvalue weighted by Gasteiger charge is 2.70. The van der Waals surface area contributed by atoms with Gasteiger partial charge in [-0.1, -0.05) is 60.6 Å². The molecule has 1 heterocycles. The average molecular weight is 339 g/mol. The Morgan fingerprint density at radius 3 is 1.88 bits per heavy atom. The largest absolute Gasteiger partial charge is 0.358 e. The summed E-state index contributed by atoms with van der Waals surface area (Å²) in [6, 6.07) is 9.29. The Bertz CT molecular complexity index is 749. The highest BCUT2D eigenvalue weighted by atomic mass is 15.4. The molecule has 0 aromatic heterocycles. The van der Waals surface area contributed by atoms with E-state index >= 15 is 0 Å². The molecular formula is C23H34N2. The molecule has 0 saturated heterocycles. The van der Waals surface area contributed by atoms with Crippen molar-refractivity contribution in [3.05, 3.63) is 41.2 Å². The fourth-order valence-electron chi connectivity index (χ4n) is 5.82. The summed E-state index contributed by atoms with van der Waals surface area (Å²) in [6.07, 6.45) is 2.62. The predicted molar refractivity (Wildman–Crippen MR) is 107 cm³/mol. The lowest BCUT2D eigenvalue weighted by Gasteiger charge is -2.45. The summed E-state index contributed by atoms with van der Waals surface area (Å²) in [7, 11) is 2.28. The number of hydrogen-bond donors (Lipinski definition) is 0. The molecule has 1 aliphatic heterocycles. The van der Waals surface area contributed by atoms with Gasteiger partial charge in [0.15, 0.2) is 0 Å². The molecule has 136 valence electrons. The van der Waals surface area contributed by atoms with Crippen LogP contribution in [0.2, 0.25) is 0 Å². The van der Waals surface area contributed by atoms with Gasteiger partial charge in [-0.05, 0) is 41.4 Å². The van der Waals surface area contributed by atoms with Gasteiger partial charge in [-0.15, -0.1) is 0 Å². The van der Waals surface area contributed by atoms with Crippen molar-refractivity contribution in [1.29, 1.82) is 0 Å². The van der Waals surface area contributed by atoms with Crippen LogP contribution >= 0.6 is 0 Å². The molecule has 3 aliphatic rings. The summed E-state index contributed by atoms with van der Waals surface area (Å²) in [4.78, 5) is 5.10. The number of fused-ring (bicyclic) bond motifs is 4. The second-order valence-electron chi connectivity index (χ2n) is 10.6. The van der Waals surface area contributed by atoms with Gasteiger partial charge in [-0.3, -0.25) is 0 Å². The van der Waals surface area contributed by atoms with E-state index in [-0.39, 0.29) is 10.8 Å². The summed E-state index contributed by atoms with van der Waals surface area (Å²) < 4.78 is 0. The van der Waals surface area contributed by atoms with Gasteiger partial charge in [0, 0.05) is 35.0 Å². The lowest BCUT2D eigenvalue weighted by atomic mass is 9.63. The van der Waals surface area contributed by atoms with Gasteiger partial charge in [0.1, 0.15) is 0 Å². The molecule has 2 heteroatoms. The average Bonchev–Trinajstić information content (AvgIpc) is 3.01. The Kier molecular flexibility index (Phi) is 3.15. The molecule has 2 aliphatic carbocycles. The molecule has 0 N–H and O–H groups in total. The van der Waals surface area contributed by atoms with Crippen LogP contribution < -0.4 is 4.90 Å². The van der Waals surface area contributed by atoms with Crippen LogP contribution in [0.4, 0.5) is 5.69 Å². The van der Waals surface area contributed by atoms with Crippen molar-refractivity contribution in [2.45, 2.75) is 66.7 Å². The van der Waals surface area contributed by atoms with Gasteiger partial charge in [0.2, 0.25) is 0 Å². The summed E-state index contributed by atoms with van der Waals surface area (Å²) in [5.41, 5.74) is 7.03. The molecule has 2 nitrogen and oxygen atoms in total. The lowest BCUT2D eigenvalue weighted by Crippen LogP contribution is -2.42. The quantitative estimate of drug-likeness (QED) is 0.643. The third-order valence-corrected chi connectivity index (χ3v) is 8.20. The molecule has 0 radical (unpaired) electrons. The topological polar surface area (TPSA) is 6.48 Å². The van der Waals surface area contributed by atoms with E-state index in [9.17, 15) is 0 Å². The van der Waals surface area contributed by atoms with Crippen LogP contribution in [0.1, 0.15) is 66.9 Å². The van der Waals surface area contributed by atoms with E-state index in [2.05, 4.69) is 89.6 Å². The van der Waals surface area contributed by atoms with Crippen molar-refractivity contribution in [2.24, 2.45) is 16.2 Å². The van der Waals surface area contributed by atoms with Crippen LogP contribution in [-0.4, -0.2) is 18.6 Å². The predicted octanol–water partition coefficient (Wildman–Crippen LogP) is 5.75. The maximum atomic E-state index is 2.59. The third kappa shape index (κ3) is 1.86. The first-order valence-electron chi connectivity index (χ1n) is 9.78. The van der Waals surface area contributed by atoms with Crippen molar-refractivity contribution in [3.63, 3.8) is 0 Å². The van der Waals surface area contributed by atoms with Gasteiger partial charge in [0.05, 0.1) is 6.67 Å². The molecular weight excluding hydrogens is 304 g/mol. The van der Waals surface area contributed by atoms with Gasteiger partial charge < -0.3 is 9.80 Å². The van der Waals surface area contributed by atoms with Crippen LogP contribution in [0, 0.1) is 16.2 Å². The highest BCUT2D eigenvalue weighted by molar-refractivity contribution is 5.62. The Morgan fingerprint density at radius 2 is 1.36 bits per heavy atom. The van der Waals surface area contributed by atoms with Gasteiger partial charge in [0.25, 0.3) is 0 Å². The summed E-state index contributed by atoms with van der Waals surface area (Å²) in [5.74, 6) is 0. The minimum absolute atomic E-state index is 0.207. The first-order valence-corrected chi connectivity index (χ1v) is 9.78. The van der Waals surface area contributed by atoms with Crippen molar-refractivity contribution in [3.8, 4) is 0 Å². The summed E-state index contributed by atoms with van der Waals surface area (Å²) in [6.45, 7) is 17.8. The van der Waals surface area contributed by atoms with Gasteiger partial charge in [-0.25, -0.2) is 0 Å². The van der Waals surface area contributed by atoms with E-state index in [4.69, 9.17) is 0 Å². The zero-order valence-corrected chi connectivity index (χ0v) is 17.3. The minimum atomic E-state index is 0.207. The van der Waals surface area contributed by atoms with Gasteiger partial charge in [-0.2, -0.15) is 0 Å². The smallest absolute Gasteiger partial charge is 0.0944 e. The third-order valence-electron chi connectivity index (χ3n) is 8.20. The number of nitrogens with zero attached hydrogens (tertiary/aromatic N) is 2. The van der Waals surface area contributed by atoms with E-state index in [0.29, 0.717) is 10.8 Å². The Hall–Kier alpha value is -1.44. The van der Waals surface area contributed by atoms with Crippen LogP contribution in [-0.2, 0) is 5.41 Å². The molecule has 1 saturated carbocycles. The fraction of sp³-hybridized carbons (Fsp3) is 0.652. The molecule has 1 fully saturated rings. The first-order chi connectivity index (χ1) is 11.4. The maximum absolute atomic E-state index is 2.59. The molecule has 0 amide bonds. The summed E-state index contributed by atoms with van der Waals surface area (Å²) >= 11 is 0. The van der Waals surface area contributed by atoms with E-state index in [1.54, 1.807) is 11.4 Å². The Morgan fingerprint density at radius 1 is 0.840 bits per heavy atom. The molecule has 1 aromatic rings. The first kappa shape index (κ1) is 17.0. The highest BCUT2D eigenvalue weighted by Crippen LogP contribution is 2.76.